The molecule has 4 rings (SSSR count). The smallest absolute Gasteiger partial charge is 0.248 e. The molecule has 0 saturated carbocycles. The van der Waals surface area contributed by atoms with Crippen LogP contribution in [0.3, 0.4) is 0 Å². The molecule has 128 valence electrons. The summed E-state index contributed by atoms with van der Waals surface area (Å²) in [5, 5.41) is 3.78. The van der Waals surface area contributed by atoms with Crippen molar-refractivity contribution < 1.29 is 17.7 Å². The van der Waals surface area contributed by atoms with Crippen LogP contribution in [0.1, 0.15) is 34.9 Å². The van der Waals surface area contributed by atoms with Crippen LogP contribution in [0.4, 0.5) is 0 Å². The van der Waals surface area contributed by atoms with Crippen LogP contribution in [0.5, 0.6) is 5.75 Å². The van der Waals surface area contributed by atoms with Crippen molar-refractivity contribution in [1.29, 1.82) is 0 Å². The zero-order chi connectivity index (χ0) is 16.9. The number of hydrogen-bond acceptors (Lipinski definition) is 5. The lowest BCUT2D eigenvalue weighted by molar-refractivity contribution is 0.357. The SMILES string of the molecule is Cc1noc(C)c1S(=O)(=O)N1CC[C@H](c2ccc3c(c2)CCO3)C1. The zero-order valence-electron chi connectivity index (χ0n) is 13.8. The van der Waals surface area contributed by atoms with Crippen molar-refractivity contribution in [3.8, 4) is 5.75 Å². The summed E-state index contributed by atoms with van der Waals surface area (Å²) < 4.78 is 37.9. The van der Waals surface area contributed by atoms with Crippen LogP contribution in [-0.4, -0.2) is 37.6 Å². The van der Waals surface area contributed by atoms with Gasteiger partial charge < -0.3 is 9.26 Å². The quantitative estimate of drug-likeness (QED) is 0.852. The van der Waals surface area contributed by atoms with E-state index in [0.717, 1.165) is 25.2 Å². The minimum absolute atomic E-state index is 0.213. The van der Waals surface area contributed by atoms with Gasteiger partial charge in [0.25, 0.3) is 0 Å². The molecule has 0 aliphatic carbocycles. The Morgan fingerprint density at radius 2 is 2.12 bits per heavy atom. The fourth-order valence-corrected chi connectivity index (χ4v) is 5.44. The zero-order valence-corrected chi connectivity index (χ0v) is 14.6. The number of nitrogens with zero attached hydrogens (tertiary/aromatic N) is 2. The first-order chi connectivity index (χ1) is 11.5. The average molecular weight is 348 g/mol. The fraction of sp³-hybridized carbons (Fsp3) is 0.471. The molecule has 0 N–H and O–H groups in total. The first-order valence-corrected chi connectivity index (χ1v) is 9.59. The fourth-order valence-electron chi connectivity index (χ4n) is 3.65. The van der Waals surface area contributed by atoms with Crippen LogP contribution in [0.25, 0.3) is 0 Å². The van der Waals surface area contributed by atoms with Crippen molar-refractivity contribution in [1.82, 2.24) is 9.46 Å². The van der Waals surface area contributed by atoms with E-state index >= 15 is 0 Å². The van der Waals surface area contributed by atoms with E-state index in [9.17, 15) is 8.42 Å². The Balaban J connectivity index is 1.58. The van der Waals surface area contributed by atoms with Crippen LogP contribution in [0.2, 0.25) is 0 Å². The van der Waals surface area contributed by atoms with E-state index < -0.39 is 10.0 Å². The molecule has 0 bridgehead atoms. The summed E-state index contributed by atoms with van der Waals surface area (Å²) in [5.74, 6) is 1.52. The van der Waals surface area contributed by atoms with Gasteiger partial charge in [0.05, 0.1) is 6.61 Å². The molecule has 1 atom stereocenters. The third-order valence-corrected chi connectivity index (χ3v) is 7.01. The van der Waals surface area contributed by atoms with Gasteiger partial charge in [-0.05, 0) is 43.4 Å². The molecule has 2 aliphatic rings. The number of sulfonamides is 1. The van der Waals surface area contributed by atoms with E-state index in [4.69, 9.17) is 9.26 Å². The van der Waals surface area contributed by atoms with Crippen LogP contribution >= 0.6 is 0 Å². The molecule has 24 heavy (non-hydrogen) atoms. The second kappa shape index (κ2) is 5.60. The number of aryl methyl sites for hydroxylation is 2. The molecular formula is C17H20N2O4S. The summed E-state index contributed by atoms with van der Waals surface area (Å²) >= 11 is 0. The topological polar surface area (TPSA) is 72.6 Å². The van der Waals surface area contributed by atoms with Gasteiger partial charge in [0.15, 0.2) is 5.76 Å². The predicted molar refractivity (Wildman–Crippen MR) is 87.7 cm³/mol. The van der Waals surface area contributed by atoms with E-state index in [1.165, 1.54) is 11.1 Å². The van der Waals surface area contributed by atoms with Gasteiger partial charge in [0.1, 0.15) is 16.3 Å². The number of benzene rings is 1. The van der Waals surface area contributed by atoms with Crippen molar-refractivity contribution in [2.45, 2.75) is 37.5 Å². The molecule has 2 aromatic rings. The van der Waals surface area contributed by atoms with Gasteiger partial charge >= 0.3 is 0 Å². The standard InChI is InChI=1S/C17H20N2O4S/c1-11-17(12(2)23-18-11)24(20,21)19-7-5-15(10-19)13-3-4-16-14(9-13)6-8-22-16/h3-4,9,15H,5-8,10H2,1-2H3/t15-/m0/s1. The van der Waals surface area contributed by atoms with E-state index in [1.807, 2.05) is 6.07 Å². The Morgan fingerprint density at radius 3 is 2.88 bits per heavy atom. The van der Waals surface area contributed by atoms with E-state index in [2.05, 4.69) is 17.3 Å². The van der Waals surface area contributed by atoms with Crippen LogP contribution in [-0.2, 0) is 16.4 Å². The molecule has 1 aromatic carbocycles. The molecule has 0 radical (unpaired) electrons. The van der Waals surface area contributed by atoms with Gasteiger partial charge in [-0.25, -0.2) is 8.42 Å². The molecule has 6 nitrogen and oxygen atoms in total. The van der Waals surface area contributed by atoms with Crippen molar-refractivity contribution >= 4 is 10.0 Å². The maximum atomic E-state index is 12.9. The molecule has 0 spiro atoms. The third-order valence-electron chi connectivity index (χ3n) is 4.90. The summed E-state index contributed by atoms with van der Waals surface area (Å²) in [6.07, 6.45) is 1.75. The molecule has 0 unspecified atom stereocenters. The Labute approximate surface area is 141 Å². The van der Waals surface area contributed by atoms with Gasteiger partial charge in [-0.2, -0.15) is 4.31 Å². The van der Waals surface area contributed by atoms with Crippen molar-refractivity contribution in [2.24, 2.45) is 0 Å². The molecule has 1 aromatic heterocycles. The Morgan fingerprint density at radius 1 is 1.29 bits per heavy atom. The van der Waals surface area contributed by atoms with Gasteiger partial charge in [-0.15, -0.1) is 0 Å². The monoisotopic (exact) mass is 348 g/mol. The van der Waals surface area contributed by atoms with E-state index in [0.29, 0.717) is 24.5 Å². The normalized spacial score (nSPS) is 21.0. The van der Waals surface area contributed by atoms with Crippen LogP contribution in [0.15, 0.2) is 27.6 Å². The second-order valence-electron chi connectivity index (χ2n) is 6.47. The number of ether oxygens (including phenoxy) is 1. The van der Waals surface area contributed by atoms with Crippen LogP contribution < -0.4 is 4.74 Å². The van der Waals surface area contributed by atoms with Gasteiger partial charge in [-0.1, -0.05) is 17.3 Å². The number of aromatic nitrogens is 1. The van der Waals surface area contributed by atoms with Crippen LogP contribution in [0, 0.1) is 13.8 Å². The van der Waals surface area contributed by atoms with Crippen molar-refractivity contribution in [2.75, 3.05) is 19.7 Å². The summed E-state index contributed by atoms with van der Waals surface area (Å²) in [6, 6.07) is 6.23. The van der Waals surface area contributed by atoms with E-state index in [1.54, 1.807) is 18.2 Å². The second-order valence-corrected chi connectivity index (χ2v) is 8.34. The highest BCUT2D eigenvalue weighted by Crippen LogP contribution is 2.35. The summed E-state index contributed by atoms with van der Waals surface area (Å²) in [6.45, 7) is 5.05. The van der Waals surface area contributed by atoms with Crippen molar-refractivity contribution in [3.63, 3.8) is 0 Å². The minimum Gasteiger partial charge on any atom is -0.493 e. The predicted octanol–water partition coefficient (Wildman–Crippen LogP) is 2.40. The number of fused-ring (bicyclic) bond motifs is 1. The largest absolute Gasteiger partial charge is 0.493 e. The van der Waals surface area contributed by atoms with Gasteiger partial charge in [0, 0.05) is 19.5 Å². The summed E-state index contributed by atoms with van der Waals surface area (Å²) in [5.41, 5.74) is 2.83. The molecule has 2 aliphatic heterocycles. The lowest BCUT2D eigenvalue weighted by atomic mass is 9.96. The Kier molecular flexibility index (Phi) is 3.65. The molecule has 7 heteroatoms. The molecule has 1 fully saturated rings. The van der Waals surface area contributed by atoms with Gasteiger partial charge in [-0.3, -0.25) is 0 Å². The Hall–Kier alpha value is -1.86. The highest BCUT2D eigenvalue weighted by Gasteiger charge is 2.36. The molecule has 3 heterocycles. The number of rotatable bonds is 3. The van der Waals surface area contributed by atoms with Gasteiger partial charge in [0.2, 0.25) is 10.0 Å². The maximum Gasteiger partial charge on any atom is 0.248 e. The lowest BCUT2D eigenvalue weighted by Crippen LogP contribution is -2.29. The van der Waals surface area contributed by atoms with E-state index in [-0.39, 0.29) is 10.8 Å². The molecule has 1 saturated heterocycles. The Bertz CT molecular complexity index is 868. The highest BCUT2D eigenvalue weighted by atomic mass is 32.2. The highest BCUT2D eigenvalue weighted by molar-refractivity contribution is 7.89. The third kappa shape index (κ3) is 2.43. The first-order valence-electron chi connectivity index (χ1n) is 8.15. The minimum atomic E-state index is -3.56. The first kappa shape index (κ1) is 15.7. The average Bonchev–Trinajstić information content (AvgIpc) is 3.26. The maximum absolute atomic E-state index is 12.9. The van der Waals surface area contributed by atoms with Crippen molar-refractivity contribution in [3.05, 3.63) is 40.8 Å². The lowest BCUT2D eigenvalue weighted by Gasteiger charge is -2.16. The molecular weight excluding hydrogens is 328 g/mol. The molecule has 0 amide bonds. The summed E-state index contributed by atoms with van der Waals surface area (Å²) in [4.78, 5) is 0.213. The number of hydrogen-bond donors (Lipinski definition) is 0. The summed E-state index contributed by atoms with van der Waals surface area (Å²) in [7, 11) is -3.56.